The minimum atomic E-state index is -0.166. The third-order valence-electron chi connectivity index (χ3n) is 5.24. The normalized spacial score (nSPS) is 26.2. The molecule has 2 amide bonds. The fraction of sp³-hybridized carbons (Fsp3) is 0.722. The number of likely N-dealkylation sites (tertiary alicyclic amines) is 1. The first-order valence-corrected chi connectivity index (χ1v) is 10.0. The molecule has 1 saturated heterocycles. The highest BCUT2D eigenvalue weighted by atomic mass is 32.1. The summed E-state index contributed by atoms with van der Waals surface area (Å²) in [6, 6.07) is 2.61. The smallest absolute Gasteiger partial charge is 0.315 e. The van der Waals surface area contributed by atoms with Crippen LogP contribution in [-0.2, 0) is 6.54 Å². The number of aryl methyl sites for hydroxylation is 1. The van der Waals surface area contributed by atoms with Gasteiger partial charge in [-0.15, -0.1) is 11.3 Å². The second-order valence-corrected chi connectivity index (χ2v) is 8.14. The fourth-order valence-corrected chi connectivity index (χ4v) is 4.69. The first-order chi connectivity index (χ1) is 11.6. The number of carbonyl (C=O) groups excluding carboxylic acids is 1. The van der Waals surface area contributed by atoms with Gasteiger partial charge >= 0.3 is 6.03 Å². The number of rotatable bonds is 4. The first kappa shape index (κ1) is 17.7. The molecule has 2 atom stereocenters. The van der Waals surface area contributed by atoms with Gasteiger partial charge in [0, 0.05) is 30.1 Å². The third kappa shape index (κ3) is 4.71. The number of amides is 2. The molecule has 2 unspecified atom stereocenters. The Bertz CT molecular complexity index is 540. The molecule has 5 nitrogen and oxygen atoms in total. The van der Waals surface area contributed by atoms with E-state index < -0.39 is 0 Å². The lowest BCUT2D eigenvalue weighted by molar-refractivity contribution is 0.00777. The van der Waals surface area contributed by atoms with Crippen molar-refractivity contribution in [2.75, 3.05) is 13.1 Å². The Hall–Kier alpha value is -1.11. The average Bonchev–Trinajstić information content (AvgIpc) is 3.00. The molecule has 0 spiro atoms. The molecular weight excluding hydrogens is 322 g/mol. The van der Waals surface area contributed by atoms with Crippen LogP contribution in [0, 0.1) is 6.92 Å². The lowest BCUT2D eigenvalue weighted by Gasteiger charge is -2.41. The predicted octanol–water partition coefficient (Wildman–Crippen LogP) is 2.62. The summed E-state index contributed by atoms with van der Waals surface area (Å²) in [6.45, 7) is 4.60. The van der Waals surface area contributed by atoms with Crippen LogP contribution in [0.5, 0.6) is 0 Å². The monoisotopic (exact) mass is 351 g/mol. The van der Waals surface area contributed by atoms with Crippen LogP contribution in [0.25, 0.3) is 0 Å². The van der Waals surface area contributed by atoms with E-state index in [1.165, 1.54) is 16.9 Å². The van der Waals surface area contributed by atoms with Crippen LogP contribution in [0.1, 0.15) is 49.0 Å². The van der Waals surface area contributed by atoms with Crippen molar-refractivity contribution in [1.29, 1.82) is 0 Å². The number of hydrogen-bond donors (Lipinski definition) is 3. The van der Waals surface area contributed by atoms with Gasteiger partial charge in [0.25, 0.3) is 0 Å². The molecule has 134 valence electrons. The minimum Gasteiger partial charge on any atom is -0.391 e. The van der Waals surface area contributed by atoms with Crippen LogP contribution in [-0.4, -0.2) is 47.3 Å². The zero-order valence-electron chi connectivity index (χ0n) is 14.5. The predicted molar refractivity (Wildman–Crippen MR) is 97.3 cm³/mol. The summed E-state index contributed by atoms with van der Waals surface area (Å²) in [5.74, 6) is 0. The van der Waals surface area contributed by atoms with Gasteiger partial charge in [-0.05, 0) is 49.6 Å². The molecule has 1 aliphatic carbocycles. The maximum atomic E-state index is 12.1. The van der Waals surface area contributed by atoms with E-state index in [0.717, 1.165) is 45.2 Å². The van der Waals surface area contributed by atoms with Gasteiger partial charge in [-0.2, -0.15) is 0 Å². The second kappa shape index (κ2) is 8.32. The maximum Gasteiger partial charge on any atom is 0.315 e. The van der Waals surface area contributed by atoms with Crippen molar-refractivity contribution in [3.63, 3.8) is 0 Å². The summed E-state index contributed by atoms with van der Waals surface area (Å²) < 4.78 is 0. The van der Waals surface area contributed by atoms with E-state index in [1.54, 1.807) is 11.3 Å². The van der Waals surface area contributed by atoms with E-state index in [-0.39, 0.29) is 18.2 Å². The highest BCUT2D eigenvalue weighted by molar-refractivity contribution is 7.10. The van der Waals surface area contributed by atoms with Crippen LogP contribution >= 0.6 is 11.3 Å². The van der Waals surface area contributed by atoms with Crippen molar-refractivity contribution in [3.8, 4) is 0 Å². The largest absolute Gasteiger partial charge is 0.391 e. The summed E-state index contributed by atoms with van der Waals surface area (Å²) in [7, 11) is 0. The Kier molecular flexibility index (Phi) is 6.14. The molecule has 1 aromatic heterocycles. The lowest BCUT2D eigenvalue weighted by atomic mass is 9.89. The van der Waals surface area contributed by atoms with Crippen molar-refractivity contribution in [2.45, 2.75) is 70.2 Å². The number of piperidine rings is 1. The van der Waals surface area contributed by atoms with Gasteiger partial charge < -0.3 is 15.7 Å². The molecule has 2 heterocycles. The van der Waals surface area contributed by atoms with Crippen molar-refractivity contribution < 1.29 is 9.90 Å². The van der Waals surface area contributed by atoms with E-state index in [0.29, 0.717) is 12.6 Å². The van der Waals surface area contributed by atoms with Gasteiger partial charge in [0.2, 0.25) is 0 Å². The molecule has 0 aromatic carbocycles. The summed E-state index contributed by atoms with van der Waals surface area (Å²) in [5, 5.41) is 18.3. The number of urea groups is 1. The van der Waals surface area contributed by atoms with Crippen LogP contribution in [0.2, 0.25) is 0 Å². The number of aliphatic hydroxyl groups excluding tert-OH is 1. The molecule has 6 heteroatoms. The second-order valence-electron chi connectivity index (χ2n) is 7.15. The summed E-state index contributed by atoms with van der Waals surface area (Å²) in [6.07, 6.45) is 6.20. The summed E-state index contributed by atoms with van der Waals surface area (Å²) in [5.41, 5.74) is 1.24. The highest BCUT2D eigenvalue weighted by Crippen LogP contribution is 2.25. The summed E-state index contributed by atoms with van der Waals surface area (Å²) >= 11 is 1.68. The van der Waals surface area contributed by atoms with Gasteiger partial charge in [-0.1, -0.05) is 12.8 Å². The summed E-state index contributed by atoms with van der Waals surface area (Å²) in [4.78, 5) is 15.7. The van der Waals surface area contributed by atoms with E-state index in [4.69, 9.17) is 0 Å². The fourth-order valence-electron chi connectivity index (χ4n) is 3.88. The molecule has 2 aliphatic rings. The van der Waals surface area contributed by atoms with Gasteiger partial charge in [0.15, 0.2) is 0 Å². The Morgan fingerprint density at radius 1 is 1.29 bits per heavy atom. The Morgan fingerprint density at radius 2 is 2.04 bits per heavy atom. The number of nitrogens with one attached hydrogen (secondary N) is 2. The highest BCUT2D eigenvalue weighted by Gasteiger charge is 2.31. The molecular formula is C18H29N3O2S. The van der Waals surface area contributed by atoms with Gasteiger partial charge in [-0.3, -0.25) is 4.90 Å². The minimum absolute atomic E-state index is 0.0720. The lowest BCUT2D eigenvalue weighted by Crippen LogP contribution is -2.53. The topological polar surface area (TPSA) is 64.6 Å². The number of nitrogens with zero attached hydrogens (tertiary/aromatic N) is 1. The van der Waals surface area contributed by atoms with Crippen molar-refractivity contribution in [1.82, 2.24) is 15.5 Å². The van der Waals surface area contributed by atoms with E-state index in [2.05, 4.69) is 33.9 Å². The van der Waals surface area contributed by atoms with Crippen molar-refractivity contribution >= 4 is 17.4 Å². The van der Waals surface area contributed by atoms with Crippen molar-refractivity contribution in [3.05, 3.63) is 21.9 Å². The number of hydrogen-bond acceptors (Lipinski definition) is 4. The maximum absolute atomic E-state index is 12.1. The Labute approximate surface area is 148 Å². The zero-order chi connectivity index (χ0) is 16.9. The van der Waals surface area contributed by atoms with Crippen LogP contribution < -0.4 is 10.6 Å². The zero-order valence-corrected chi connectivity index (χ0v) is 15.3. The third-order valence-corrected chi connectivity index (χ3v) is 6.29. The molecule has 1 aromatic rings. The standard InChI is InChI=1S/C18H29N3O2S/c1-13-10-15(24-12-13)11-19-18(23)20-14-6-8-21(9-7-14)16-4-2-3-5-17(16)22/h10,12,14,16-17,22H,2-9,11H2,1H3,(H2,19,20,23). The number of carbonyl (C=O) groups is 1. The quantitative estimate of drug-likeness (QED) is 0.781. The SMILES string of the molecule is Cc1csc(CNC(=O)NC2CCN(C3CCCCC3O)CC2)c1. The molecule has 1 aliphatic heterocycles. The number of thiophene rings is 1. The number of aliphatic hydroxyl groups is 1. The van der Waals surface area contributed by atoms with Gasteiger partial charge in [0.1, 0.15) is 0 Å². The molecule has 24 heavy (non-hydrogen) atoms. The molecule has 0 radical (unpaired) electrons. The van der Waals surface area contributed by atoms with Crippen molar-refractivity contribution in [2.24, 2.45) is 0 Å². The molecule has 0 bridgehead atoms. The molecule has 1 saturated carbocycles. The molecule has 2 fully saturated rings. The van der Waals surface area contributed by atoms with E-state index >= 15 is 0 Å². The van der Waals surface area contributed by atoms with E-state index in [1.807, 2.05) is 0 Å². The van der Waals surface area contributed by atoms with Crippen LogP contribution in [0.15, 0.2) is 11.4 Å². The average molecular weight is 352 g/mol. The van der Waals surface area contributed by atoms with Gasteiger partial charge in [0.05, 0.1) is 12.6 Å². The molecule has 3 rings (SSSR count). The van der Waals surface area contributed by atoms with Crippen LogP contribution in [0.4, 0.5) is 4.79 Å². The van der Waals surface area contributed by atoms with E-state index in [9.17, 15) is 9.90 Å². The van der Waals surface area contributed by atoms with Crippen LogP contribution in [0.3, 0.4) is 0 Å². The Morgan fingerprint density at radius 3 is 2.71 bits per heavy atom. The Balaban J connectivity index is 1.37. The molecule has 3 N–H and O–H groups in total. The van der Waals surface area contributed by atoms with Gasteiger partial charge in [-0.25, -0.2) is 4.79 Å². The first-order valence-electron chi connectivity index (χ1n) is 9.12.